The molecular formula is C16H18N2OS. The van der Waals surface area contributed by atoms with E-state index < -0.39 is 0 Å². The van der Waals surface area contributed by atoms with E-state index in [-0.39, 0.29) is 5.56 Å². The number of aromatic nitrogens is 1. The summed E-state index contributed by atoms with van der Waals surface area (Å²) in [4.78, 5) is 16.0. The standard InChI is InChI=1S/C16H18N2OS/c19-16-5-1-4-15-13-7-12(9-18(15)16)8-17(10-13)11-14-3-2-6-20-14/h1-6,12-13H,7-11H2/t12-,13-/m1/s1. The van der Waals surface area contributed by atoms with Gasteiger partial charge in [-0.3, -0.25) is 9.69 Å². The van der Waals surface area contributed by atoms with Gasteiger partial charge in [-0.1, -0.05) is 12.1 Å². The highest BCUT2D eigenvalue weighted by Crippen LogP contribution is 2.35. The molecule has 2 aromatic heterocycles. The third-order valence-electron chi connectivity index (χ3n) is 4.51. The zero-order valence-electron chi connectivity index (χ0n) is 11.4. The van der Waals surface area contributed by atoms with Crippen molar-refractivity contribution in [3.8, 4) is 0 Å². The first kappa shape index (κ1) is 12.4. The van der Waals surface area contributed by atoms with Gasteiger partial charge in [0, 0.05) is 48.7 Å². The molecule has 0 spiro atoms. The van der Waals surface area contributed by atoms with Crippen molar-refractivity contribution in [2.24, 2.45) is 5.92 Å². The molecule has 1 fully saturated rings. The highest BCUT2D eigenvalue weighted by molar-refractivity contribution is 7.09. The minimum Gasteiger partial charge on any atom is -0.312 e. The number of nitrogens with zero attached hydrogens (tertiary/aromatic N) is 2. The summed E-state index contributed by atoms with van der Waals surface area (Å²) in [6, 6.07) is 10.1. The van der Waals surface area contributed by atoms with E-state index >= 15 is 0 Å². The molecule has 2 aromatic rings. The number of rotatable bonds is 2. The molecule has 0 N–H and O–H groups in total. The summed E-state index contributed by atoms with van der Waals surface area (Å²) in [6.07, 6.45) is 1.24. The lowest BCUT2D eigenvalue weighted by atomic mass is 9.83. The smallest absolute Gasteiger partial charge is 0.250 e. The summed E-state index contributed by atoms with van der Waals surface area (Å²) in [6.45, 7) is 4.15. The molecule has 0 aliphatic carbocycles. The summed E-state index contributed by atoms with van der Waals surface area (Å²) < 4.78 is 2.00. The van der Waals surface area contributed by atoms with Crippen LogP contribution in [0, 0.1) is 5.92 Å². The van der Waals surface area contributed by atoms with Crippen LogP contribution < -0.4 is 5.56 Å². The fourth-order valence-corrected chi connectivity index (χ4v) is 4.49. The maximum atomic E-state index is 12.0. The molecule has 104 valence electrons. The second-order valence-electron chi connectivity index (χ2n) is 5.97. The van der Waals surface area contributed by atoms with Gasteiger partial charge < -0.3 is 4.57 Å². The Labute approximate surface area is 122 Å². The van der Waals surface area contributed by atoms with E-state index in [0.29, 0.717) is 11.8 Å². The van der Waals surface area contributed by atoms with E-state index in [1.165, 1.54) is 17.0 Å². The molecule has 20 heavy (non-hydrogen) atoms. The van der Waals surface area contributed by atoms with Crippen LogP contribution in [0.2, 0.25) is 0 Å². The van der Waals surface area contributed by atoms with Crippen LogP contribution in [0.5, 0.6) is 0 Å². The van der Waals surface area contributed by atoms with Crippen molar-refractivity contribution in [2.45, 2.75) is 25.4 Å². The topological polar surface area (TPSA) is 25.2 Å². The Hall–Kier alpha value is -1.39. The Kier molecular flexibility index (Phi) is 3.00. The molecule has 4 rings (SSSR count). The van der Waals surface area contributed by atoms with Crippen molar-refractivity contribution < 1.29 is 0 Å². The first-order valence-corrected chi connectivity index (χ1v) is 8.12. The molecule has 2 aliphatic heterocycles. The fraction of sp³-hybridized carbons (Fsp3) is 0.438. The summed E-state index contributed by atoms with van der Waals surface area (Å²) in [7, 11) is 0. The predicted octanol–water partition coefficient (Wildman–Crippen LogP) is 2.53. The molecule has 2 aliphatic rings. The summed E-state index contributed by atoms with van der Waals surface area (Å²) in [5, 5.41) is 2.15. The summed E-state index contributed by atoms with van der Waals surface area (Å²) in [5.74, 6) is 1.15. The SMILES string of the molecule is O=c1cccc2n1C[C@@H]1C[C@@H]2CN(Cc2cccs2)C1. The van der Waals surface area contributed by atoms with Gasteiger partial charge in [-0.05, 0) is 29.9 Å². The van der Waals surface area contributed by atoms with Gasteiger partial charge >= 0.3 is 0 Å². The number of hydrogen-bond acceptors (Lipinski definition) is 3. The molecule has 0 aromatic carbocycles. The zero-order valence-corrected chi connectivity index (χ0v) is 12.2. The Morgan fingerprint density at radius 3 is 2.95 bits per heavy atom. The number of thiophene rings is 1. The molecule has 0 saturated carbocycles. The summed E-state index contributed by atoms with van der Waals surface area (Å²) in [5.41, 5.74) is 1.41. The van der Waals surface area contributed by atoms with Crippen LogP contribution in [0.25, 0.3) is 0 Å². The van der Waals surface area contributed by atoms with Gasteiger partial charge in [0.05, 0.1) is 0 Å². The van der Waals surface area contributed by atoms with Gasteiger partial charge in [-0.2, -0.15) is 0 Å². The average Bonchev–Trinajstić information content (AvgIpc) is 2.93. The second-order valence-corrected chi connectivity index (χ2v) is 7.00. The monoisotopic (exact) mass is 286 g/mol. The van der Waals surface area contributed by atoms with Gasteiger partial charge in [-0.15, -0.1) is 11.3 Å². The van der Waals surface area contributed by atoms with Crippen molar-refractivity contribution in [1.29, 1.82) is 0 Å². The highest BCUT2D eigenvalue weighted by Gasteiger charge is 2.34. The second kappa shape index (κ2) is 4.86. The molecule has 4 heterocycles. The van der Waals surface area contributed by atoms with Gasteiger partial charge in [0.25, 0.3) is 5.56 Å². The normalized spacial score (nSPS) is 25.4. The van der Waals surface area contributed by atoms with E-state index in [4.69, 9.17) is 0 Å². The van der Waals surface area contributed by atoms with Crippen LogP contribution in [-0.2, 0) is 13.1 Å². The third-order valence-corrected chi connectivity index (χ3v) is 5.38. The van der Waals surface area contributed by atoms with Gasteiger partial charge in [0.1, 0.15) is 0 Å². The number of piperidine rings is 1. The zero-order chi connectivity index (χ0) is 13.5. The maximum absolute atomic E-state index is 12.0. The Balaban J connectivity index is 1.60. The Morgan fingerprint density at radius 2 is 2.10 bits per heavy atom. The van der Waals surface area contributed by atoms with Gasteiger partial charge in [0.15, 0.2) is 0 Å². The van der Waals surface area contributed by atoms with Crippen molar-refractivity contribution in [2.75, 3.05) is 13.1 Å². The van der Waals surface area contributed by atoms with Crippen LogP contribution >= 0.6 is 11.3 Å². The number of likely N-dealkylation sites (tertiary alicyclic amines) is 1. The van der Waals surface area contributed by atoms with Crippen LogP contribution in [0.3, 0.4) is 0 Å². The molecule has 2 bridgehead atoms. The van der Waals surface area contributed by atoms with Crippen LogP contribution in [0.4, 0.5) is 0 Å². The van der Waals surface area contributed by atoms with Crippen LogP contribution in [0.1, 0.15) is 22.9 Å². The van der Waals surface area contributed by atoms with E-state index in [1.54, 1.807) is 6.07 Å². The van der Waals surface area contributed by atoms with E-state index in [1.807, 2.05) is 22.0 Å². The largest absolute Gasteiger partial charge is 0.312 e. The molecule has 0 unspecified atom stereocenters. The van der Waals surface area contributed by atoms with E-state index in [9.17, 15) is 4.79 Å². The molecular weight excluding hydrogens is 268 g/mol. The minimum absolute atomic E-state index is 0.170. The lowest BCUT2D eigenvalue weighted by Gasteiger charge is -2.42. The van der Waals surface area contributed by atoms with Crippen molar-refractivity contribution in [1.82, 2.24) is 9.47 Å². The van der Waals surface area contributed by atoms with E-state index in [0.717, 1.165) is 26.2 Å². The fourth-order valence-electron chi connectivity index (χ4n) is 3.75. The van der Waals surface area contributed by atoms with Crippen molar-refractivity contribution in [3.63, 3.8) is 0 Å². The van der Waals surface area contributed by atoms with Crippen LogP contribution in [-0.4, -0.2) is 22.6 Å². The quantitative estimate of drug-likeness (QED) is 0.847. The molecule has 4 heteroatoms. The van der Waals surface area contributed by atoms with Crippen molar-refractivity contribution >= 4 is 11.3 Å². The third kappa shape index (κ3) is 2.13. The average molecular weight is 286 g/mol. The molecule has 3 nitrogen and oxygen atoms in total. The molecule has 0 radical (unpaired) electrons. The lowest BCUT2D eigenvalue weighted by molar-refractivity contribution is 0.115. The first-order valence-electron chi connectivity index (χ1n) is 7.24. The molecule has 2 atom stereocenters. The number of fused-ring (bicyclic) bond motifs is 4. The Bertz CT molecular complexity index is 661. The van der Waals surface area contributed by atoms with Gasteiger partial charge in [-0.25, -0.2) is 0 Å². The summed E-state index contributed by atoms with van der Waals surface area (Å²) >= 11 is 1.84. The van der Waals surface area contributed by atoms with Crippen LogP contribution in [0.15, 0.2) is 40.5 Å². The first-order chi connectivity index (χ1) is 9.79. The number of hydrogen-bond donors (Lipinski definition) is 0. The van der Waals surface area contributed by atoms with Crippen molar-refractivity contribution in [3.05, 3.63) is 56.6 Å². The van der Waals surface area contributed by atoms with Gasteiger partial charge in [0.2, 0.25) is 0 Å². The maximum Gasteiger partial charge on any atom is 0.250 e. The molecule has 1 saturated heterocycles. The Morgan fingerprint density at radius 1 is 1.15 bits per heavy atom. The van der Waals surface area contributed by atoms with E-state index in [2.05, 4.69) is 28.5 Å². The minimum atomic E-state index is 0.170. The predicted molar refractivity (Wildman–Crippen MR) is 81.1 cm³/mol. The lowest BCUT2D eigenvalue weighted by Crippen LogP contribution is -2.46. The number of pyridine rings is 1. The molecule has 0 amide bonds. The highest BCUT2D eigenvalue weighted by atomic mass is 32.1.